The van der Waals surface area contributed by atoms with Crippen molar-refractivity contribution in [2.45, 2.75) is 26.7 Å². The van der Waals surface area contributed by atoms with Gasteiger partial charge in [0.25, 0.3) is 5.78 Å². The van der Waals surface area contributed by atoms with Crippen molar-refractivity contribution in [3.8, 4) is 11.5 Å². The third-order valence-electron chi connectivity index (χ3n) is 3.69. The second-order valence-electron chi connectivity index (χ2n) is 5.58. The lowest BCUT2D eigenvalue weighted by atomic mass is 10.2. The zero-order chi connectivity index (χ0) is 18.0. The number of ether oxygens (including phenoxy) is 2. The van der Waals surface area contributed by atoms with Gasteiger partial charge in [-0.15, -0.1) is 5.10 Å². The average Bonchev–Trinajstić information content (AvgIpc) is 2.98. The molecular formula is C17H20ClN5O2. The van der Waals surface area contributed by atoms with Crippen LogP contribution in [0, 0.1) is 6.92 Å². The first-order chi connectivity index (χ1) is 12.0. The van der Waals surface area contributed by atoms with Gasteiger partial charge in [0, 0.05) is 24.2 Å². The quantitative estimate of drug-likeness (QED) is 0.719. The molecule has 132 valence electrons. The fraction of sp³-hybridized carbons (Fsp3) is 0.353. The SMILES string of the molecule is CCCc1nc2nc(C)cc(Nc3cc(Cl)c(OC)cc3OC)n2n1. The number of halogens is 1. The molecule has 0 aliphatic rings. The third-order valence-corrected chi connectivity index (χ3v) is 3.99. The van der Waals surface area contributed by atoms with E-state index >= 15 is 0 Å². The predicted molar refractivity (Wildman–Crippen MR) is 97.4 cm³/mol. The van der Waals surface area contributed by atoms with Crippen molar-refractivity contribution >= 4 is 28.9 Å². The zero-order valence-electron chi connectivity index (χ0n) is 14.6. The molecule has 0 amide bonds. The van der Waals surface area contributed by atoms with E-state index in [0.29, 0.717) is 28.0 Å². The Morgan fingerprint density at radius 2 is 1.88 bits per heavy atom. The second-order valence-corrected chi connectivity index (χ2v) is 5.99. The summed E-state index contributed by atoms with van der Waals surface area (Å²) in [7, 11) is 3.16. The van der Waals surface area contributed by atoms with E-state index in [4.69, 9.17) is 21.1 Å². The van der Waals surface area contributed by atoms with Gasteiger partial charge in [-0.05, 0) is 19.4 Å². The Kier molecular flexibility index (Phi) is 4.94. The molecule has 0 aliphatic carbocycles. The summed E-state index contributed by atoms with van der Waals surface area (Å²) in [6, 6.07) is 5.39. The normalized spacial score (nSPS) is 10.9. The lowest BCUT2D eigenvalue weighted by molar-refractivity contribution is 0.396. The van der Waals surface area contributed by atoms with Crippen molar-refractivity contribution in [1.82, 2.24) is 19.6 Å². The smallest absolute Gasteiger partial charge is 0.254 e. The maximum absolute atomic E-state index is 6.25. The third kappa shape index (κ3) is 3.46. The van der Waals surface area contributed by atoms with Crippen LogP contribution in [0.5, 0.6) is 11.5 Å². The zero-order valence-corrected chi connectivity index (χ0v) is 15.4. The number of aromatic nitrogens is 4. The summed E-state index contributed by atoms with van der Waals surface area (Å²) in [5.74, 6) is 3.22. The summed E-state index contributed by atoms with van der Waals surface area (Å²) in [5, 5.41) is 8.33. The molecule has 0 saturated heterocycles. The summed E-state index contributed by atoms with van der Waals surface area (Å²) in [6.45, 7) is 4.01. The average molecular weight is 362 g/mol. The molecule has 25 heavy (non-hydrogen) atoms. The van der Waals surface area contributed by atoms with Gasteiger partial charge in [-0.2, -0.15) is 9.50 Å². The molecule has 0 saturated carbocycles. The minimum Gasteiger partial charge on any atom is -0.495 e. The first kappa shape index (κ1) is 17.3. The fourth-order valence-corrected chi connectivity index (χ4v) is 2.78. The monoisotopic (exact) mass is 361 g/mol. The Labute approximate surface area is 151 Å². The number of benzene rings is 1. The van der Waals surface area contributed by atoms with Crippen molar-refractivity contribution in [1.29, 1.82) is 0 Å². The number of anilines is 2. The van der Waals surface area contributed by atoms with Crippen LogP contribution < -0.4 is 14.8 Å². The lowest BCUT2D eigenvalue weighted by Crippen LogP contribution is -2.04. The van der Waals surface area contributed by atoms with E-state index in [-0.39, 0.29) is 0 Å². The molecule has 0 spiro atoms. The van der Waals surface area contributed by atoms with Crippen LogP contribution in [0.3, 0.4) is 0 Å². The van der Waals surface area contributed by atoms with Gasteiger partial charge in [0.2, 0.25) is 0 Å². The van der Waals surface area contributed by atoms with Gasteiger partial charge >= 0.3 is 0 Å². The van der Waals surface area contributed by atoms with Crippen LogP contribution >= 0.6 is 11.6 Å². The number of rotatable bonds is 6. The largest absolute Gasteiger partial charge is 0.495 e. The molecule has 3 rings (SSSR count). The number of fused-ring (bicyclic) bond motifs is 1. The molecule has 2 heterocycles. The molecule has 0 fully saturated rings. The van der Waals surface area contributed by atoms with Gasteiger partial charge in [-0.1, -0.05) is 18.5 Å². The Bertz CT molecular complexity index is 910. The maximum Gasteiger partial charge on any atom is 0.254 e. The van der Waals surface area contributed by atoms with Crippen LogP contribution in [0.4, 0.5) is 11.5 Å². The Balaban J connectivity index is 2.07. The Morgan fingerprint density at radius 3 is 2.56 bits per heavy atom. The second kappa shape index (κ2) is 7.14. The van der Waals surface area contributed by atoms with Crippen LogP contribution in [0.1, 0.15) is 24.9 Å². The van der Waals surface area contributed by atoms with Crippen molar-refractivity contribution in [3.05, 3.63) is 34.7 Å². The van der Waals surface area contributed by atoms with Crippen molar-refractivity contribution < 1.29 is 9.47 Å². The summed E-state index contributed by atoms with van der Waals surface area (Å²) >= 11 is 6.25. The van der Waals surface area contributed by atoms with E-state index in [9.17, 15) is 0 Å². The standard InChI is InChI=1S/C17H20ClN5O2/c1-5-6-15-21-17-19-10(2)7-16(23(17)22-15)20-12-8-11(18)13(24-3)9-14(12)25-4/h7-9,20H,5-6H2,1-4H3. The van der Waals surface area contributed by atoms with Crippen LogP contribution in [-0.4, -0.2) is 33.8 Å². The molecule has 1 N–H and O–H groups in total. The summed E-state index contributed by atoms with van der Waals surface area (Å²) in [6.07, 6.45) is 1.78. The number of methoxy groups -OCH3 is 2. The Hall–Kier alpha value is -2.54. The predicted octanol–water partition coefficient (Wildman–Crippen LogP) is 3.80. The minimum atomic E-state index is 0.484. The molecule has 8 heteroatoms. The molecule has 2 aromatic heterocycles. The van der Waals surface area contributed by atoms with Crippen LogP contribution in [0.25, 0.3) is 5.78 Å². The van der Waals surface area contributed by atoms with Gasteiger partial charge in [0.15, 0.2) is 5.82 Å². The highest BCUT2D eigenvalue weighted by Crippen LogP contribution is 2.37. The van der Waals surface area contributed by atoms with Crippen LogP contribution in [-0.2, 0) is 6.42 Å². The molecule has 0 unspecified atom stereocenters. The Morgan fingerprint density at radius 1 is 1.12 bits per heavy atom. The molecule has 0 radical (unpaired) electrons. The molecule has 0 aliphatic heterocycles. The number of nitrogens with zero attached hydrogens (tertiary/aromatic N) is 4. The van der Waals surface area contributed by atoms with Gasteiger partial charge in [-0.3, -0.25) is 0 Å². The number of nitrogens with one attached hydrogen (secondary N) is 1. The topological polar surface area (TPSA) is 73.6 Å². The van der Waals surface area contributed by atoms with E-state index in [1.807, 2.05) is 13.0 Å². The maximum atomic E-state index is 6.25. The summed E-state index contributed by atoms with van der Waals surface area (Å²) in [5.41, 5.74) is 1.54. The van der Waals surface area contributed by atoms with Gasteiger partial charge < -0.3 is 14.8 Å². The molecule has 1 aromatic carbocycles. The number of aryl methyl sites for hydroxylation is 2. The van der Waals surface area contributed by atoms with Gasteiger partial charge in [-0.25, -0.2) is 4.98 Å². The van der Waals surface area contributed by atoms with Gasteiger partial charge in [0.1, 0.15) is 17.3 Å². The molecular weight excluding hydrogens is 342 g/mol. The molecule has 3 aromatic rings. The van der Waals surface area contributed by atoms with E-state index in [1.54, 1.807) is 30.9 Å². The first-order valence-corrected chi connectivity index (χ1v) is 8.35. The number of hydrogen-bond donors (Lipinski definition) is 1. The van der Waals surface area contributed by atoms with E-state index in [1.165, 1.54) is 0 Å². The van der Waals surface area contributed by atoms with E-state index < -0.39 is 0 Å². The molecule has 0 bridgehead atoms. The minimum absolute atomic E-state index is 0.484. The van der Waals surface area contributed by atoms with Gasteiger partial charge in [0.05, 0.1) is 24.9 Å². The van der Waals surface area contributed by atoms with Crippen LogP contribution in [0.15, 0.2) is 18.2 Å². The van der Waals surface area contributed by atoms with Crippen molar-refractivity contribution in [2.24, 2.45) is 0 Å². The first-order valence-electron chi connectivity index (χ1n) is 7.97. The fourth-order valence-electron chi connectivity index (χ4n) is 2.54. The van der Waals surface area contributed by atoms with E-state index in [0.717, 1.165) is 30.2 Å². The summed E-state index contributed by atoms with van der Waals surface area (Å²) in [4.78, 5) is 8.92. The number of hydrogen-bond acceptors (Lipinski definition) is 6. The molecule has 0 atom stereocenters. The van der Waals surface area contributed by atoms with Crippen LogP contribution in [0.2, 0.25) is 5.02 Å². The highest BCUT2D eigenvalue weighted by atomic mass is 35.5. The lowest BCUT2D eigenvalue weighted by Gasteiger charge is -2.14. The highest BCUT2D eigenvalue weighted by molar-refractivity contribution is 6.32. The molecule has 7 nitrogen and oxygen atoms in total. The summed E-state index contributed by atoms with van der Waals surface area (Å²) < 4.78 is 12.4. The van der Waals surface area contributed by atoms with Crippen molar-refractivity contribution in [3.63, 3.8) is 0 Å². The van der Waals surface area contributed by atoms with Crippen molar-refractivity contribution in [2.75, 3.05) is 19.5 Å². The van der Waals surface area contributed by atoms with E-state index in [2.05, 4.69) is 27.3 Å². The highest BCUT2D eigenvalue weighted by Gasteiger charge is 2.14.